The molecule has 1 aromatic rings. The quantitative estimate of drug-likeness (QED) is 0.811. The summed E-state index contributed by atoms with van der Waals surface area (Å²) >= 11 is 0. The van der Waals surface area contributed by atoms with Crippen molar-refractivity contribution in [2.45, 2.75) is 33.7 Å². The second kappa shape index (κ2) is 6.23. The Balaban J connectivity index is 3.10. The fourth-order valence-electron chi connectivity index (χ4n) is 1.79. The maximum Gasteiger partial charge on any atom is 0.340 e. The largest absolute Gasteiger partial charge is 0.462 e. The summed E-state index contributed by atoms with van der Waals surface area (Å²) in [6.07, 6.45) is 1.51. The van der Waals surface area contributed by atoms with E-state index in [2.05, 4.69) is 23.7 Å². The molecule has 1 rings (SSSR count). The second-order valence-corrected chi connectivity index (χ2v) is 4.23. The Morgan fingerprint density at radius 2 is 2.17 bits per heavy atom. The molecular weight excluding hydrogens is 230 g/mol. The molecule has 0 saturated carbocycles. The van der Waals surface area contributed by atoms with Crippen LogP contribution in [0.1, 0.15) is 38.1 Å². The number of ether oxygens (including phenoxy) is 1. The van der Waals surface area contributed by atoms with Crippen LogP contribution in [-0.4, -0.2) is 30.1 Å². The summed E-state index contributed by atoms with van der Waals surface area (Å²) in [6.45, 7) is 9.11. The molecule has 0 unspecified atom stereocenters. The maximum atomic E-state index is 11.7. The number of rotatable bonds is 5. The van der Waals surface area contributed by atoms with Gasteiger partial charge in [-0.2, -0.15) is 0 Å². The van der Waals surface area contributed by atoms with Gasteiger partial charge in [-0.05, 0) is 33.8 Å². The molecule has 5 heteroatoms. The van der Waals surface area contributed by atoms with Crippen LogP contribution in [0.2, 0.25) is 0 Å². The minimum atomic E-state index is -0.404. The van der Waals surface area contributed by atoms with Gasteiger partial charge in [-0.3, -0.25) is 0 Å². The zero-order valence-electron chi connectivity index (χ0n) is 11.4. The van der Waals surface area contributed by atoms with E-state index in [4.69, 9.17) is 10.5 Å². The van der Waals surface area contributed by atoms with Gasteiger partial charge in [0.15, 0.2) is 0 Å². The molecule has 0 spiro atoms. The van der Waals surface area contributed by atoms with Gasteiger partial charge in [0, 0.05) is 12.6 Å². The molecule has 0 aliphatic rings. The summed E-state index contributed by atoms with van der Waals surface area (Å²) < 4.78 is 4.97. The number of carbonyl (C=O) groups is 1. The first-order valence-corrected chi connectivity index (χ1v) is 6.20. The number of hydrogen-bond donors (Lipinski definition) is 1. The van der Waals surface area contributed by atoms with Crippen molar-refractivity contribution in [3.05, 3.63) is 17.8 Å². The van der Waals surface area contributed by atoms with Crippen LogP contribution in [0.15, 0.2) is 12.3 Å². The van der Waals surface area contributed by atoms with Crippen molar-refractivity contribution in [2.75, 3.05) is 23.8 Å². The van der Waals surface area contributed by atoms with E-state index in [1.165, 1.54) is 6.20 Å². The third kappa shape index (κ3) is 3.12. The second-order valence-electron chi connectivity index (χ2n) is 4.23. The van der Waals surface area contributed by atoms with E-state index in [0.717, 1.165) is 12.4 Å². The third-order valence-electron chi connectivity index (χ3n) is 2.67. The topological polar surface area (TPSA) is 68.5 Å². The molecule has 0 aliphatic carbocycles. The molecule has 0 atom stereocenters. The normalized spacial score (nSPS) is 10.5. The number of pyridine rings is 1. The lowest BCUT2D eigenvalue weighted by Crippen LogP contribution is -2.31. The number of nitrogens with zero attached hydrogens (tertiary/aromatic N) is 2. The Labute approximate surface area is 108 Å². The number of aromatic nitrogens is 1. The number of carbonyl (C=O) groups excluding carboxylic acids is 1. The van der Waals surface area contributed by atoms with E-state index in [1.54, 1.807) is 13.0 Å². The lowest BCUT2D eigenvalue weighted by atomic mass is 10.2. The van der Waals surface area contributed by atoms with Crippen LogP contribution < -0.4 is 10.6 Å². The predicted molar refractivity (Wildman–Crippen MR) is 72.8 cm³/mol. The van der Waals surface area contributed by atoms with Crippen molar-refractivity contribution in [2.24, 2.45) is 0 Å². The van der Waals surface area contributed by atoms with Gasteiger partial charge >= 0.3 is 5.97 Å². The Kier molecular flexibility index (Phi) is 4.95. The standard InChI is InChI=1S/C13H21N3O2/c1-5-16(9(3)4)12-7-10(11(14)8-15-12)13(17)18-6-2/h7-9H,5-6,14H2,1-4H3. The monoisotopic (exact) mass is 251 g/mol. The highest BCUT2D eigenvalue weighted by atomic mass is 16.5. The molecule has 1 aromatic heterocycles. The van der Waals surface area contributed by atoms with Gasteiger partial charge in [-0.1, -0.05) is 0 Å². The average Bonchev–Trinajstić information content (AvgIpc) is 2.31. The van der Waals surface area contributed by atoms with Crippen LogP contribution in [0.4, 0.5) is 11.5 Å². The zero-order chi connectivity index (χ0) is 13.7. The van der Waals surface area contributed by atoms with E-state index in [-0.39, 0.29) is 0 Å². The lowest BCUT2D eigenvalue weighted by Gasteiger charge is -2.26. The van der Waals surface area contributed by atoms with Crippen LogP contribution >= 0.6 is 0 Å². The molecule has 0 radical (unpaired) electrons. The Morgan fingerprint density at radius 1 is 1.50 bits per heavy atom. The van der Waals surface area contributed by atoms with E-state index in [9.17, 15) is 4.79 Å². The maximum absolute atomic E-state index is 11.7. The SMILES string of the molecule is CCOC(=O)c1cc(N(CC)C(C)C)ncc1N. The van der Waals surface area contributed by atoms with Gasteiger partial charge in [0.05, 0.1) is 24.1 Å². The lowest BCUT2D eigenvalue weighted by molar-refractivity contribution is 0.0527. The third-order valence-corrected chi connectivity index (χ3v) is 2.67. The number of esters is 1. The molecule has 2 N–H and O–H groups in total. The number of nitrogens with two attached hydrogens (primary N) is 1. The fraction of sp³-hybridized carbons (Fsp3) is 0.538. The number of anilines is 2. The highest BCUT2D eigenvalue weighted by Gasteiger charge is 2.16. The number of hydrogen-bond acceptors (Lipinski definition) is 5. The van der Waals surface area contributed by atoms with Gasteiger partial charge in [0.25, 0.3) is 0 Å². The van der Waals surface area contributed by atoms with Gasteiger partial charge in [-0.15, -0.1) is 0 Å². The van der Waals surface area contributed by atoms with Crippen molar-refractivity contribution in [1.29, 1.82) is 0 Å². The van der Waals surface area contributed by atoms with Crippen molar-refractivity contribution in [3.8, 4) is 0 Å². The van der Waals surface area contributed by atoms with E-state index >= 15 is 0 Å². The summed E-state index contributed by atoms with van der Waals surface area (Å²) in [4.78, 5) is 18.1. The van der Waals surface area contributed by atoms with Gasteiger partial charge in [0.1, 0.15) is 5.82 Å². The first kappa shape index (κ1) is 14.3. The van der Waals surface area contributed by atoms with Crippen LogP contribution in [0.5, 0.6) is 0 Å². The minimum absolute atomic E-state index is 0.307. The summed E-state index contributed by atoms with van der Waals surface area (Å²) in [6, 6.07) is 2.00. The molecule has 5 nitrogen and oxygen atoms in total. The average molecular weight is 251 g/mol. The van der Waals surface area contributed by atoms with E-state index in [0.29, 0.717) is 23.9 Å². The Bertz CT molecular complexity index is 419. The molecule has 0 aromatic carbocycles. The zero-order valence-corrected chi connectivity index (χ0v) is 11.4. The van der Waals surface area contributed by atoms with Crippen LogP contribution in [0, 0.1) is 0 Å². The summed E-state index contributed by atoms with van der Waals surface area (Å²) in [5, 5.41) is 0. The molecule has 0 saturated heterocycles. The fourth-order valence-corrected chi connectivity index (χ4v) is 1.79. The van der Waals surface area contributed by atoms with E-state index in [1.807, 2.05) is 6.92 Å². The van der Waals surface area contributed by atoms with E-state index < -0.39 is 5.97 Å². The van der Waals surface area contributed by atoms with Gasteiger partial charge < -0.3 is 15.4 Å². The van der Waals surface area contributed by atoms with Gasteiger partial charge in [-0.25, -0.2) is 9.78 Å². The molecule has 0 amide bonds. The first-order chi connectivity index (χ1) is 8.51. The molecule has 18 heavy (non-hydrogen) atoms. The van der Waals surface area contributed by atoms with Crippen LogP contribution in [0.25, 0.3) is 0 Å². The van der Waals surface area contributed by atoms with Crippen molar-refractivity contribution in [1.82, 2.24) is 4.98 Å². The molecule has 0 aliphatic heterocycles. The molecule has 0 bridgehead atoms. The predicted octanol–water partition coefficient (Wildman–Crippen LogP) is 2.08. The Morgan fingerprint density at radius 3 is 2.67 bits per heavy atom. The highest BCUT2D eigenvalue weighted by Crippen LogP contribution is 2.20. The molecular formula is C13H21N3O2. The summed E-state index contributed by atoms with van der Waals surface area (Å²) in [5.41, 5.74) is 6.48. The highest BCUT2D eigenvalue weighted by molar-refractivity contribution is 5.95. The van der Waals surface area contributed by atoms with Crippen LogP contribution in [-0.2, 0) is 4.74 Å². The minimum Gasteiger partial charge on any atom is -0.462 e. The summed E-state index contributed by atoms with van der Waals surface area (Å²) in [5.74, 6) is 0.336. The van der Waals surface area contributed by atoms with Crippen LogP contribution in [0.3, 0.4) is 0 Å². The Hall–Kier alpha value is -1.78. The van der Waals surface area contributed by atoms with Crippen molar-refractivity contribution in [3.63, 3.8) is 0 Å². The molecule has 0 fully saturated rings. The molecule has 1 heterocycles. The number of nitrogen functional groups attached to an aromatic ring is 1. The smallest absolute Gasteiger partial charge is 0.340 e. The molecule has 100 valence electrons. The first-order valence-electron chi connectivity index (χ1n) is 6.20. The van der Waals surface area contributed by atoms with Gasteiger partial charge in [0.2, 0.25) is 0 Å². The summed E-state index contributed by atoms with van der Waals surface area (Å²) in [7, 11) is 0. The van der Waals surface area contributed by atoms with Crippen molar-refractivity contribution < 1.29 is 9.53 Å². The van der Waals surface area contributed by atoms with Crippen molar-refractivity contribution >= 4 is 17.5 Å².